The van der Waals surface area contributed by atoms with Crippen molar-refractivity contribution in [3.63, 3.8) is 0 Å². The van der Waals surface area contributed by atoms with E-state index in [9.17, 15) is 0 Å². The van der Waals surface area contributed by atoms with E-state index in [4.69, 9.17) is 19.7 Å². The highest BCUT2D eigenvalue weighted by Crippen LogP contribution is 2.46. The quantitative estimate of drug-likeness (QED) is 0.153. The summed E-state index contributed by atoms with van der Waals surface area (Å²) in [6.07, 6.45) is 5.49. The van der Waals surface area contributed by atoms with Gasteiger partial charge in [-0.15, -0.1) is 0 Å². The van der Waals surface area contributed by atoms with Crippen LogP contribution in [-0.2, 0) is 0 Å². The summed E-state index contributed by atoms with van der Waals surface area (Å²) < 4.78 is 13.2. The van der Waals surface area contributed by atoms with Crippen molar-refractivity contribution < 1.29 is 4.74 Å². The minimum atomic E-state index is 0.706. The van der Waals surface area contributed by atoms with E-state index in [1.807, 2.05) is 91.4 Å². The van der Waals surface area contributed by atoms with Crippen LogP contribution in [0.2, 0.25) is 0 Å². The van der Waals surface area contributed by atoms with E-state index in [1.165, 1.54) is 5.39 Å². The normalized spacial score (nSPS) is 12.1. The summed E-state index contributed by atoms with van der Waals surface area (Å²) in [5, 5.41) is 4.55. The van der Waals surface area contributed by atoms with Crippen LogP contribution in [0.15, 0.2) is 195 Å². The molecule has 1 aliphatic heterocycles. The average Bonchev–Trinajstić information content (AvgIpc) is 3.83. The number of benzene rings is 6. The standard InChI is InChI=1S/C50H32N6O/c1-2-16-38-34(13-1)24-27-46-50(38)55(49-41(43-20-5-8-28-51-43)18-12-19-42(49)44-21-6-9-29-52-44)33-54(46)35-14-11-15-36(31-35)57-37-25-26-40-39-17-3-4-22-45(39)56(47(40)32-37)48-23-7-10-30-53-48/h1-32H/q+2. The second-order valence-electron chi connectivity index (χ2n) is 13.9. The average molecular weight is 733 g/mol. The first-order chi connectivity index (χ1) is 28.3. The van der Waals surface area contributed by atoms with Crippen molar-refractivity contribution in [3.8, 4) is 39.8 Å². The monoisotopic (exact) mass is 732 g/mol. The number of para-hydroxylation sites is 2. The minimum absolute atomic E-state index is 0.706. The van der Waals surface area contributed by atoms with Crippen molar-refractivity contribution in [1.82, 2.24) is 28.7 Å². The first-order valence-corrected chi connectivity index (χ1v) is 18.9. The molecule has 57 heavy (non-hydrogen) atoms. The molecule has 7 heteroatoms. The Bertz CT molecular complexity index is 3180. The molecule has 0 unspecified atom stereocenters. The van der Waals surface area contributed by atoms with Crippen LogP contribution >= 0.6 is 0 Å². The zero-order chi connectivity index (χ0) is 37.7. The van der Waals surface area contributed by atoms with Crippen LogP contribution in [0.3, 0.4) is 0 Å². The zero-order valence-corrected chi connectivity index (χ0v) is 30.6. The molecule has 4 aromatic heterocycles. The molecule has 0 fully saturated rings. The van der Waals surface area contributed by atoms with Gasteiger partial charge in [0.1, 0.15) is 17.3 Å². The molecular formula is C50H32N6O+2. The van der Waals surface area contributed by atoms with Gasteiger partial charge in [-0.05, 0) is 99.5 Å². The second kappa shape index (κ2) is 13.4. The number of pyridine rings is 3. The molecule has 5 heterocycles. The lowest BCUT2D eigenvalue weighted by Gasteiger charge is -2.10. The molecule has 0 spiro atoms. The lowest BCUT2D eigenvalue weighted by molar-refractivity contribution is 0.483. The van der Waals surface area contributed by atoms with E-state index in [1.54, 1.807) is 0 Å². The Hall–Kier alpha value is -7.99. The Morgan fingerprint density at radius 1 is 0.456 bits per heavy atom. The van der Waals surface area contributed by atoms with Gasteiger partial charge in [0.25, 0.3) is 5.69 Å². The molecule has 0 N–H and O–H groups in total. The van der Waals surface area contributed by atoms with Crippen LogP contribution in [0, 0.1) is 0 Å². The fourth-order valence-corrected chi connectivity index (χ4v) is 8.03. The van der Waals surface area contributed by atoms with Gasteiger partial charge in [0.2, 0.25) is 11.4 Å². The summed E-state index contributed by atoms with van der Waals surface area (Å²) in [7, 11) is 0. The molecule has 11 rings (SSSR count). The molecule has 0 saturated heterocycles. The van der Waals surface area contributed by atoms with Crippen LogP contribution in [-0.4, -0.2) is 25.5 Å². The number of hydrogen-bond acceptors (Lipinski definition) is 4. The molecule has 0 amide bonds. The molecule has 0 atom stereocenters. The summed E-state index contributed by atoms with van der Waals surface area (Å²) >= 11 is 0. The minimum Gasteiger partial charge on any atom is -0.457 e. The molecule has 0 radical (unpaired) electrons. The Kier molecular flexibility index (Phi) is 7.62. The number of ether oxygens (including phenoxy) is 1. The van der Waals surface area contributed by atoms with Crippen molar-refractivity contribution >= 4 is 61.3 Å². The number of aromatic nitrogens is 4. The summed E-state index contributed by atoms with van der Waals surface area (Å²) in [6.45, 7) is 0. The Labute approximate surface area is 328 Å². The van der Waals surface area contributed by atoms with E-state index in [0.29, 0.717) is 5.75 Å². The van der Waals surface area contributed by atoms with Gasteiger partial charge in [-0.25, -0.2) is 4.98 Å². The Morgan fingerprint density at radius 3 is 1.88 bits per heavy atom. The van der Waals surface area contributed by atoms with E-state index >= 15 is 0 Å². The topological polar surface area (TPSA) is 58.9 Å². The molecule has 1 aliphatic rings. The highest BCUT2D eigenvalue weighted by atomic mass is 16.5. The van der Waals surface area contributed by atoms with Gasteiger partial charge in [0.15, 0.2) is 0 Å². The Balaban J connectivity index is 1.09. The van der Waals surface area contributed by atoms with Crippen LogP contribution < -0.4 is 13.9 Å². The first kappa shape index (κ1) is 32.4. The predicted molar refractivity (Wildman–Crippen MR) is 230 cm³/mol. The van der Waals surface area contributed by atoms with Crippen LogP contribution in [0.25, 0.3) is 60.9 Å². The summed E-state index contributed by atoms with van der Waals surface area (Å²) in [6, 6.07) is 63.9. The van der Waals surface area contributed by atoms with Crippen molar-refractivity contribution in [2.45, 2.75) is 0 Å². The van der Waals surface area contributed by atoms with Gasteiger partial charge in [-0.3, -0.25) is 14.5 Å². The molecule has 0 bridgehead atoms. The third-order valence-corrected chi connectivity index (χ3v) is 10.5. The molecule has 266 valence electrons. The number of fused-ring (bicyclic) bond motifs is 6. The maximum Gasteiger partial charge on any atom is 0.503 e. The highest BCUT2D eigenvalue weighted by molar-refractivity contribution is 6.09. The van der Waals surface area contributed by atoms with Crippen molar-refractivity contribution in [2.24, 2.45) is 0 Å². The van der Waals surface area contributed by atoms with Crippen LogP contribution in [0.5, 0.6) is 11.5 Å². The lowest BCUT2D eigenvalue weighted by atomic mass is 9.99. The molecule has 10 aromatic rings. The van der Waals surface area contributed by atoms with Gasteiger partial charge < -0.3 is 4.74 Å². The van der Waals surface area contributed by atoms with Crippen molar-refractivity contribution in [2.75, 3.05) is 0 Å². The number of hydrogen-bond donors (Lipinski definition) is 0. The highest BCUT2D eigenvalue weighted by Gasteiger charge is 2.41. The number of rotatable bonds is 7. The van der Waals surface area contributed by atoms with Gasteiger partial charge in [-0.2, -0.15) is 0 Å². The second-order valence-corrected chi connectivity index (χ2v) is 13.9. The fourth-order valence-electron chi connectivity index (χ4n) is 8.03. The van der Waals surface area contributed by atoms with Crippen molar-refractivity contribution in [1.29, 1.82) is 0 Å². The maximum absolute atomic E-state index is 6.68. The summed E-state index contributed by atoms with van der Waals surface area (Å²) in [5.74, 6) is 2.29. The van der Waals surface area contributed by atoms with Crippen LogP contribution in [0.4, 0.5) is 22.7 Å². The lowest BCUT2D eigenvalue weighted by Crippen LogP contribution is -2.05. The fraction of sp³-hybridized carbons (Fsp3) is 0. The zero-order valence-electron chi connectivity index (χ0n) is 30.6. The maximum atomic E-state index is 6.68. The van der Waals surface area contributed by atoms with E-state index in [0.717, 1.165) is 84.0 Å². The molecule has 7 nitrogen and oxygen atoms in total. The van der Waals surface area contributed by atoms with Gasteiger partial charge in [0.05, 0.1) is 45.0 Å². The van der Waals surface area contributed by atoms with Crippen molar-refractivity contribution in [3.05, 3.63) is 195 Å². The van der Waals surface area contributed by atoms with E-state index < -0.39 is 0 Å². The van der Waals surface area contributed by atoms with E-state index in [2.05, 4.69) is 123 Å². The predicted octanol–water partition coefficient (Wildman–Crippen LogP) is 12.1. The summed E-state index contributed by atoms with van der Waals surface area (Å²) in [4.78, 5) is 14.3. The molecule has 0 aliphatic carbocycles. The van der Waals surface area contributed by atoms with Gasteiger partial charge >= 0.3 is 11.7 Å². The third-order valence-electron chi connectivity index (χ3n) is 10.5. The molecular weight excluding hydrogens is 701 g/mol. The van der Waals surface area contributed by atoms with Gasteiger partial charge in [0, 0.05) is 47.6 Å². The van der Waals surface area contributed by atoms with E-state index in [-0.39, 0.29) is 0 Å². The smallest absolute Gasteiger partial charge is 0.457 e. The third kappa shape index (κ3) is 5.49. The van der Waals surface area contributed by atoms with Crippen LogP contribution in [0.1, 0.15) is 0 Å². The Morgan fingerprint density at radius 2 is 1.12 bits per heavy atom. The number of nitrogens with zero attached hydrogens (tertiary/aromatic N) is 6. The first-order valence-electron chi connectivity index (χ1n) is 18.9. The SMILES string of the molecule is C1=[N+](c2cccc(Oc3ccc4c5ccccc5n(-c5ccccn5)c4c3)c2)c2ccc3ccccc3c2[N+]=1c1c(-c2ccccn2)cccc1-c1ccccn1. The largest absolute Gasteiger partial charge is 0.503 e. The molecule has 0 saturated carbocycles. The molecule has 6 aromatic carbocycles. The summed E-state index contributed by atoms with van der Waals surface area (Å²) in [5.41, 5.74) is 9.66. The van der Waals surface area contributed by atoms with Gasteiger partial charge in [-0.1, -0.05) is 66.7 Å².